The first kappa shape index (κ1) is 36.9. The summed E-state index contributed by atoms with van der Waals surface area (Å²) in [6, 6.07) is 29.5. The maximum absolute atomic E-state index is 5.23. The van der Waals surface area contributed by atoms with E-state index in [-0.39, 0.29) is 35.6 Å². The first-order valence-corrected chi connectivity index (χ1v) is 15.7. The van der Waals surface area contributed by atoms with Gasteiger partial charge in [0.05, 0.1) is 12.0 Å². The summed E-state index contributed by atoms with van der Waals surface area (Å²) in [4.78, 5) is 0. The van der Waals surface area contributed by atoms with Crippen molar-refractivity contribution >= 4 is 33.6 Å². The van der Waals surface area contributed by atoms with Crippen LogP contribution in [0.15, 0.2) is 95.6 Å². The molecule has 0 bridgehead atoms. The van der Waals surface area contributed by atoms with Crippen molar-refractivity contribution in [1.82, 2.24) is 0 Å². The molecule has 0 aliphatic heterocycles. The Morgan fingerprint density at radius 1 is 0.837 bits per heavy atom. The van der Waals surface area contributed by atoms with Gasteiger partial charge in [-0.1, -0.05) is 78.1 Å². The molecule has 1 unspecified atom stereocenters. The van der Waals surface area contributed by atoms with Gasteiger partial charge in [0.25, 0.3) is 0 Å². The Balaban J connectivity index is 0.000000247. The van der Waals surface area contributed by atoms with Crippen LogP contribution in [0.25, 0.3) is 16.7 Å². The molecule has 1 heterocycles. The molecule has 0 amide bonds. The Kier molecular flexibility index (Phi) is 13.5. The SMILES string of the molecule is CC(C)(C)c1[c-]c2c(cc1)-c1ccc(C(C)(C)C)cc1C2.CC1[C-]=CC(c2ccco2)=C1.C[C](=[Zr+2])c1ccccc1.Cl.Cl. The molecule has 0 saturated carbocycles. The van der Waals surface area contributed by atoms with E-state index in [1.165, 1.54) is 66.4 Å². The van der Waals surface area contributed by atoms with Gasteiger partial charge in [0.15, 0.2) is 0 Å². The van der Waals surface area contributed by atoms with Crippen molar-refractivity contribution in [3.63, 3.8) is 0 Å². The van der Waals surface area contributed by atoms with Gasteiger partial charge < -0.3 is 4.42 Å². The third-order valence-electron chi connectivity index (χ3n) is 7.41. The third kappa shape index (κ3) is 9.87. The second-order valence-corrected chi connectivity index (χ2v) is 14.8. The van der Waals surface area contributed by atoms with Crippen LogP contribution in [-0.4, -0.2) is 3.21 Å². The predicted molar refractivity (Wildman–Crippen MR) is 185 cm³/mol. The molecule has 0 N–H and O–H groups in total. The molecule has 1 nitrogen and oxygen atoms in total. The van der Waals surface area contributed by atoms with E-state index in [4.69, 9.17) is 4.42 Å². The molecule has 0 saturated heterocycles. The van der Waals surface area contributed by atoms with E-state index < -0.39 is 0 Å². The molecule has 0 fully saturated rings. The van der Waals surface area contributed by atoms with Gasteiger partial charge in [0.1, 0.15) is 0 Å². The normalized spacial score (nSPS) is 14.5. The molecule has 0 radical (unpaired) electrons. The molecule has 2 aliphatic rings. The molecule has 4 heteroatoms. The van der Waals surface area contributed by atoms with E-state index in [9.17, 15) is 0 Å². The number of furan rings is 1. The fourth-order valence-corrected chi connectivity index (χ4v) is 5.31. The van der Waals surface area contributed by atoms with Crippen molar-refractivity contribution in [3.05, 3.63) is 137 Å². The zero-order chi connectivity index (χ0) is 29.8. The van der Waals surface area contributed by atoms with E-state index in [0.717, 1.165) is 17.8 Å². The minimum Gasteiger partial charge on any atom is -0.147 e. The first-order chi connectivity index (χ1) is 19.3. The maximum atomic E-state index is 5.23. The summed E-state index contributed by atoms with van der Waals surface area (Å²) in [5.74, 6) is 1.36. The van der Waals surface area contributed by atoms with Crippen molar-refractivity contribution in [2.24, 2.45) is 5.92 Å². The molecule has 1 atom stereocenters. The van der Waals surface area contributed by atoms with E-state index in [1.807, 2.05) is 24.3 Å². The maximum Gasteiger partial charge on any atom is -0.147 e. The average Bonchev–Trinajstić information content (AvgIpc) is 3.68. The summed E-state index contributed by atoms with van der Waals surface area (Å²) in [5, 5.41) is 0. The van der Waals surface area contributed by atoms with Crippen LogP contribution in [0.3, 0.4) is 0 Å². The Morgan fingerprint density at radius 3 is 2.02 bits per heavy atom. The molecular weight excluding hydrogens is 647 g/mol. The van der Waals surface area contributed by atoms with Crippen LogP contribution in [0.2, 0.25) is 0 Å². The average molecular weight is 691 g/mol. The van der Waals surface area contributed by atoms with Crippen molar-refractivity contribution < 1.29 is 28.7 Å². The number of allylic oxidation sites excluding steroid dienone is 4. The standard InChI is InChI=1S/C21H25.C10H9O.C8H8.2ClH.Zr/c1-20(2,3)16-7-9-18-14(12-16)11-15-13-17(21(4,5)6)8-10-19(15)18;1-8-4-5-9(7-8)10-3-2-6-11-10;1-2-8-6-4-3-5-7-8;;;/h7-10,12H,11H2,1-6H3;2-3,5-8H,1H3;3-7H,1H3;2*1H;/q2*-1;;;;+2. The Morgan fingerprint density at radius 2 is 1.51 bits per heavy atom. The molecule has 4 aromatic rings. The number of halogens is 2. The summed E-state index contributed by atoms with van der Waals surface area (Å²) < 4.78 is 6.69. The number of fused-ring (bicyclic) bond motifs is 3. The van der Waals surface area contributed by atoms with E-state index in [1.54, 1.807) is 6.26 Å². The molecule has 3 aromatic carbocycles. The van der Waals surface area contributed by atoms with Crippen molar-refractivity contribution in [2.45, 2.75) is 72.6 Å². The summed E-state index contributed by atoms with van der Waals surface area (Å²) in [6.07, 6.45) is 10.0. The van der Waals surface area contributed by atoms with Crippen molar-refractivity contribution in [1.29, 1.82) is 0 Å². The quantitative estimate of drug-likeness (QED) is 0.168. The zero-order valence-electron chi connectivity index (χ0n) is 26.7. The fraction of sp³-hybridized carbons (Fsp3) is 0.308. The molecule has 0 spiro atoms. The van der Waals surface area contributed by atoms with Crippen molar-refractivity contribution in [2.75, 3.05) is 0 Å². The first-order valence-electron chi connectivity index (χ1n) is 14.5. The minimum absolute atomic E-state index is 0. The summed E-state index contributed by atoms with van der Waals surface area (Å²) >= 11 is 1.51. The van der Waals surface area contributed by atoms with Gasteiger partial charge in [-0.05, 0) is 40.5 Å². The molecule has 224 valence electrons. The number of hydrogen-bond acceptors (Lipinski definition) is 1. The molecule has 2 aliphatic carbocycles. The van der Waals surface area contributed by atoms with Gasteiger partial charge in [0.2, 0.25) is 0 Å². The topological polar surface area (TPSA) is 13.1 Å². The van der Waals surface area contributed by atoms with Gasteiger partial charge >= 0.3 is 70.3 Å². The third-order valence-corrected chi connectivity index (χ3v) is 8.12. The smallest absolute Gasteiger partial charge is 0.147 e. The second-order valence-electron chi connectivity index (χ2n) is 13.0. The van der Waals surface area contributed by atoms with Gasteiger partial charge in [0, 0.05) is 0 Å². The molecular formula is C39H44Cl2OZr. The monoisotopic (exact) mass is 688 g/mol. The van der Waals surface area contributed by atoms with Gasteiger partial charge in [-0.15, -0.1) is 41.5 Å². The van der Waals surface area contributed by atoms with Crippen LogP contribution in [0, 0.1) is 18.1 Å². The molecule has 6 rings (SSSR count). The Hall–Kier alpha value is -2.25. The number of rotatable bonds is 2. The predicted octanol–water partition coefficient (Wildman–Crippen LogP) is 10.9. The number of benzene rings is 3. The van der Waals surface area contributed by atoms with E-state index in [0.29, 0.717) is 5.92 Å². The van der Waals surface area contributed by atoms with Gasteiger partial charge in [-0.3, -0.25) is 6.08 Å². The summed E-state index contributed by atoms with van der Waals surface area (Å²) in [7, 11) is 0. The largest absolute Gasteiger partial charge is 0.147 e. The Bertz CT molecular complexity index is 1490. The van der Waals surface area contributed by atoms with Crippen LogP contribution in [0.5, 0.6) is 0 Å². The van der Waals surface area contributed by atoms with Gasteiger partial charge in [-0.2, -0.15) is 29.8 Å². The number of hydrogen-bond donors (Lipinski definition) is 0. The Labute approximate surface area is 287 Å². The fourth-order valence-electron chi connectivity index (χ4n) is 4.90. The molecule has 1 aromatic heterocycles. The van der Waals surface area contributed by atoms with Crippen LogP contribution in [0.1, 0.15) is 89.0 Å². The summed E-state index contributed by atoms with van der Waals surface area (Å²) in [5.41, 5.74) is 11.2. The van der Waals surface area contributed by atoms with Crippen LogP contribution >= 0.6 is 24.8 Å². The summed E-state index contributed by atoms with van der Waals surface area (Å²) in [6.45, 7) is 17.9. The van der Waals surface area contributed by atoms with Crippen LogP contribution < -0.4 is 0 Å². The van der Waals surface area contributed by atoms with Crippen LogP contribution in [-0.2, 0) is 41.5 Å². The second kappa shape index (κ2) is 15.7. The van der Waals surface area contributed by atoms with Gasteiger partial charge in [-0.25, -0.2) is 6.08 Å². The molecule has 43 heavy (non-hydrogen) atoms. The van der Waals surface area contributed by atoms with Crippen molar-refractivity contribution in [3.8, 4) is 11.1 Å². The van der Waals surface area contributed by atoms with E-state index in [2.05, 4.69) is 128 Å². The van der Waals surface area contributed by atoms with Crippen LogP contribution in [0.4, 0.5) is 0 Å². The zero-order valence-corrected chi connectivity index (χ0v) is 30.8. The minimum atomic E-state index is 0. The van der Waals surface area contributed by atoms with E-state index >= 15 is 0 Å².